The number of halogens is 1. The third-order valence-electron chi connectivity index (χ3n) is 8.56. The molecule has 1 saturated heterocycles. The number of amides is 1. The van der Waals surface area contributed by atoms with Crippen LogP contribution < -0.4 is 0 Å². The average Bonchev–Trinajstić information content (AvgIpc) is 3.33. The van der Waals surface area contributed by atoms with Gasteiger partial charge in [-0.2, -0.15) is 5.10 Å². The lowest BCUT2D eigenvalue weighted by Gasteiger charge is -2.42. The van der Waals surface area contributed by atoms with Crippen molar-refractivity contribution in [2.24, 2.45) is 5.41 Å². The molecule has 0 bridgehead atoms. The zero-order valence-electron chi connectivity index (χ0n) is 20.0. The standard InChI is InChI=1S/C29H30FN3O2/c1-28-18-21-19-31-33(24-9-7-23(30)8-10-24)26(21)17-22(28)12-14-29(28,35)13-11-20-5-2-3-6-25(20)27(34)32-15-4-16-32/h2-3,5-10,17,19,35H,4,11-16,18H2,1H3/t28-,29-/m0/s1. The number of aliphatic hydroxyl groups is 1. The second-order valence-electron chi connectivity index (χ2n) is 10.5. The Morgan fingerprint density at radius 3 is 2.66 bits per heavy atom. The predicted molar refractivity (Wildman–Crippen MR) is 133 cm³/mol. The number of hydrogen-bond donors (Lipinski definition) is 1. The van der Waals surface area contributed by atoms with E-state index in [9.17, 15) is 14.3 Å². The first-order valence-corrected chi connectivity index (χ1v) is 12.5. The summed E-state index contributed by atoms with van der Waals surface area (Å²) in [4.78, 5) is 14.8. The second kappa shape index (κ2) is 8.16. The Morgan fingerprint density at radius 2 is 1.91 bits per heavy atom. The van der Waals surface area contributed by atoms with Gasteiger partial charge in [0.2, 0.25) is 0 Å². The summed E-state index contributed by atoms with van der Waals surface area (Å²) in [5, 5.41) is 16.6. The quantitative estimate of drug-likeness (QED) is 0.572. The molecule has 2 aromatic carbocycles. The lowest BCUT2D eigenvalue weighted by molar-refractivity contribution is -0.0462. The van der Waals surface area contributed by atoms with Crippen LogP contribution in [0.1, 0.15) is 59.8 Å². The molecule has 3 aliphatic rings. The second-order valence-corrected chi connectivity index (χ2v) is 10.5. The SMILES string of the molecule is C[C@]12Cc3cnn(-c4ccc(F)cc4)c3C=C1CC[C@@]2(O)CCc1ccccc1C(=O)N1CCC1. The monoisotopic (exact) mass is 471 g/mol. The zero-order valence-corrected chi connectivity index (χ0v) is 20.0. The van der Waals surface area contributed by atoms with Crippen molar-refractivity contribution in [1.82, 2.24) is 14.7 Å². The van der Waals surface area contributed by atoms with E-state index in [4.69, 9.17) is 0 Å². The van der Waals surface area contributed by atoms with E-state index in [1.807, 2.05) is 40.0 Å². The van der Waals surface area contributed by atoms with Gasteiger partial charge in [-0.05, 0) is 86.1 Å². The summed E-state index contributed by atoms with van der Waals surface area (Å²) in [5.74, 6) is -0.165. The van der Waals surface area contributed by atoms with E-state index in [1.165, 1.54) is 17.7 Å². The van der Waals surface area contributed by atoms with Gasteiger partial charge in [-0.25, -0.2) is 9.07 Å². The Morgan fingerprint density at radius 1 is 1.14 bits per heavy atom. The number of carbonyl (C=O) groups excluding carboxylic acids is 1. The van der Waals surface area contributed by atoms with Crippen molar-refractivity contribution in [2.45, 2.75) is 51.0 Å². The van der Waals surface area contributed by atoms with Gasteiger partial charge in [0, 0.05) is 24.1 Å². The summed E-state index contributed by atoms with van der Waals surface area (Å²) < 4.78 is 15.3. The third-order valence-corrected chi connectivity index (χ3v) is 8.56. The van der Waals surface area contributed by atoms with E-state index >= 15 is 0 Å². The minimum atomic E-state index is -0.860. The highest BCUT2D eigenvalue weighted by molar-refractivity contribution is 5.96. The number of hydrogen-bond acceptors (Lipinski definition) is 3. The first-order valence-electron chi connectivity index (χ1n) is 12.5. The molecule has 0 spiro atoms. The van der Waals surface area contributed by atoms with Crippen LogP contribution in [0.4, 0.5) is 4.39 Å². The highest BCUT2D eigenvalue weighted by Gasteiger charge is 2.54. The maximum absolute atomic E-state index is 13.4. The molecule has 1 saturated carbocycles. The van der Waals surface area contributed by atoms with E-state index in [2.05, 4.69) is 18.1 Å². The molecule has 0 unspecified atom stereocenters. The van der Waals surface area contributed by atoms with Crippen LogP contribution in [-0.4, -0.2) is 44.4 Å². The van der Waals surface area contributed by atoms with Gasteiger partial charge in [-0.1, -0.05) is 30.7 Å². The summed E-state index contributed by atoms with van der Waals surface area (Å²) in [5.41, 5.74) is 4.70. The van der Waals surface area contributed by atoms with E-state index in [1.54, 1.807) is 12.1 Å². The van der Waals surface area contributed by atoms with Gasteiger partial charge in [0.15, 0.2) is 0 Å². The number of carbonyl (C=O) groups is 1. The highest BCUT2D eigenvalue weighted by atomic mass is 19.1. The lowest BCUT2D eigenvalue weighted by atomic mass is 9.65. The van der Waals surface area contributed by atoms with Crippen LogP contribution in [0.15, 0.2) is 60.3 Å². The Kier molecular flexibility index (Phi) is 5.18. The largest absolute Gasteiger partial charge is 0.389 e. The molecule has 1 N–H and O–H groups in total. The lowest BCUT2D eigenvalue weighted by Crippen LogP contribution is -2.45. The molecule has 1 amide bonds. The Bertz CT molecular complexity index is 1320. The molecule has 2 atom stereocenters. The van der Waals surface area contributed by atoms with Crippen LogP contribution >= 0.6 is 0 Å². The summed E-state index contributed by atoms with van der Waals surface area (Å²) >= 11 is 0. The Labute approximate surface area is 204 Å². The first-order chi connectivity index (χ1) is 16.9. The Hall–Kier alpha value is -3.25. The summed E-state index contributed by atoms with van der Waals surface area (Å²) in [6.07, 6.45) is 8.62. The van der Waals surface area contributed by atoms with Crippen molar-refractivity contribution >= 4 is 12.0 Å². The molecule has 5 nitrogen and oxygen atoms in total. The van der Waals surface area contributed by atoms with Crippen LogP contribution in [0.5, 0.6) is 0 Å². The smallest absolute Gasteiger partial charge is 0.254 e. The normalized spacial score (nSPS) is 25.0. The number of nitrogens with zero attached hydrogens (tertiary/aromatic N) is 3. The maximum Gasteiger partial charge on any atom is 0.254 e. The summed E-state index contributed by atoms with van der Waals surface area (Å²) in [7, 11) is 0. The molecular weight excluding hydrogens is 441 g/mol. The fourth-order valence-electron chi connectivity index (χ4n) is 6.10. The van der Waals surface area contributed by atoms with Gasteiger partial charge in [0.1, 0.15) is 5.82 Å². The molecule has 2 fully saturated rings. The fourth-order valence-corrected chi connectivity index (χ4v) is 6.10. The van der Waals surface area contributed by atoms with Crippen LogP contribution in [0, 0.1) is 11.2 Å². The first kappa shape index (κ1) is 22.2. The van der Waals surface area contributed by atoms with Crippen molar-refractivity contribution in [3.8, 4) is 5.69 Å². The van der Waals surface area contributed by atoms with Crippen molar-refractivity contribution < 1.29 is 14.3 Å². The van der Waals surface area contributed by atoms with Crippen LogP contribution in [-0.2, 0) is 12.8 Å². The minimum Gasteiger partial charge on any atom is -0.389 e. The van der Waals surface area contributed by atoms with E-state index in [-0.39, 0.29) is 17.1 Å². The molecule has 1 aliphatic heterocycles. The van der Waals surface area contributed by atoms with E-state index in [0.29, 0.717) is 25.7 Å². The maximum atomic E-state index is 13.4. The van der Waals surface area contributed by atoms with Crippen LogP contribution in [0.2, 0.25) is 0 Å². The van der Waals surface area contributed by atoms with E-state index < -0.39 is 5.60 Å². The highest BCUT2D eigenvalue weighted by Crippen LogP contribution is 2.56. The summed E-state index contributed by atoms with van der Waals surface area (Å²) in [6, 6.07) is 14.2. The van der Waals surface area contributed by atoms with Gasteiger partial charge in [-0.15, -0.1) is 0 Å². The Balaban J connectivity index is 1.26. The molecule has 1 aromatic heterocycles. The van der Waals surface area contributed by atoms with E-state index in [0.717, 1.165) is 54.0 Å². The predicted octanol–water partition coefficient (Wildman–Crippen LogP) is 4.96. The van der Waals surface area contributed by atoms with Crippen molar-refractivity contribution in [3.05, 3.63) is 88.5 Å². The molecule has 6 rings (SSSR count). The molecule has 6 heteroatoms. The van der Waals surface area contributed by atoms with Gasteiger partial charge >= 0.3 is 0 Å². The minimum absolute atomic E-state index is 0.104. The number of rotatable bonds is 5. The average molecular weight is 472 g/mol. The van der Waals surface area contributed by atoms with Crippen molar-refractivity contribution in [2.75, 3.05) is 13.1 Å². The molecular formula is C29H30FN3O2. The number of aryl methyl sites for hydroxylation is 1. The number of fused-ring (bicyclic) bond motifs is 2. The molecule has 35 heavy (non-hydrogen) atoms. The summed E-state index contributed by atoms with van der Waals surface area (Å²) in [6.45, 7) is 3.83. The zero-order chi connectivity index (χ0) is 24.2. The van der Waals surface area contributed by atoms with Gasteiger partial charge in [0.05, 0.1) is 23.2 Å². The molecule has 3 aromatic rings. The number of benzene rings is 2. The number of aromatic nitrogens is 2. The molecule has 2 aliphatic carbocycles. The van der Waals surface area contributed by atoms with Gasteiger partial charge < -0.3 is 10.0 Å². The fraction of sp³-hybridized carbons (Fsp3) is 0.379. The number of likely N-dealkylation sites (tertiary alicyclic amines) is 1. The van der Waals surface area contributed by atoms with Crippen LogP contribution in [0.3, 0.4) is 0 Å². The van der Waals surface area contributed by atoms with Gasteiger partial charge in [-0.3, -0.25) is 4.79 Å². The molecule has 180 valence electrons. The van der Waals surface area contributed by atoms with Crippen molar-refractivity contribution in [1.29, 1.82) is 0 Å². The van der Waals surface area contributed by atoms with Crippen molar-refractivity contribution in [3.63, 3.8) is 0 Å². The molecule has 2 heterocycles. The van der Waals surface area contributed by atoms with Gasteiger partial charge in [0.25, 0.3) is 5.91 Å². The topological polar surface area (TPSA) is 58.4 Å². The molecule has 0 radical (unpaired) electrons. The third kappa shape index (κ3) is 3.54. The van der Waals surface area contributed by atoms with Crippen LogP contribution in [0.25, 0.3) is 11.8 Å².